The summed E-state index contributed by atoms with van der Waals surface area (Å²) >= 11 is 0. The van der Waals surface area contributed by atoms with Crippen LogP contribution in [0.4, 0.5) is 11.4 Å². The zero-order chi connectivity index (χ0) is 20.7. The maximum Gasteiger partial charge on any atom is 0.282 e. The van der Waals surface area contributed by atoms with E-state index in [1.54, 1.807) is 31.4 Å². The van der Waals surface area contributed by atoms with Crippen molar-refractivity contribution in [3.63, 3.8) is 0 Å². The topological polar surface area (TPSA) is 71.9 Å². The number of benzene rings is 2. The molecule has 2 rings (SSSR count). The molecule has 6 heteroatoms. The number of nitrogens with one attached hydrogen (secondary N) is 3. The molecule has 150 valence electrons. The molecule has 6 nitrogen and oxygen atoms in total. The van der Waals surface area contributed by atoms with Crippen LogP contribution in [0.25, 0.3) is 0 Å². The average Bonchev–Trinajstić information content (AvgIpc) is 2.68. The average molecular weight is 385 g/mol. The van der Waals surface area contributed by atoms with E-state index in [0.717, 1.165) is 16.3 Å². The third kappa shape index (κ3) is 6.09. The molecule has 0 radical (unpaired) electrons. The third-order valence-electron chi connectivity index (χ3n) is 4.79. The van der Waals surface area contributed by atoms with Crippen molar-refractivity contribution in [2.24, 2.45) is 0 Å². The smallest absolute Gasteiger partial charge is 0.282 e. The van der Waals surface area contributed by atoms with Gasteiger partial charge in [0.25, 0.3) is 11.8 Å². The van der Waals surface area contributed by atoms with Gasteiger partial charge >= 0.3 is 0 Å². The molecule has 0 bridgehead atoms. The maximum atomic E-state index is 12.5. The molecule has 0 aliphatic carbocycles. The van der Waals surface area contributed by atoms with Gasteiger partial charge in [0.15, 0.2) is 12.6 Å². The Morgan fingerprint density at radius 2 is 1.46 bits per heavy atom. The van der Waals surface area contributed by atoms with Crippen molar-refractivity contribution in [3.05, 3.63) is 54.1 Å². The monoisotopic (exact) mass is 384 g/mol. The Hall–Kier alpha value is -2.86. The molecule has 2 atom stereocenters. The molecule has 2 aromatic rings. The largest absolute Gasteiger partial charge is 0.497 e. The van der Waals surface area contributed by atoms with E-state index in [0.29, 0.717) is 11.6 Å². The summed E-state index contributed by atoms with van der Waals surface area (Å²) in [5.41, 5.74) is 2.68. The summed E-state index contributed by atoms with van der Waals surface area (Å²) in [6.45, 7) is 6.26. The van der Waals surface area contributed by atoms with Gasteiger partial charge in [-0.1, -0.05) is 26.0 Å². The number of hydrogen-bond acceptors (Lipinski definition) is 3. The molecule has 0 fully saturated rings. The van der Waals surface area contributed by atoms with Crippen LogP contribution >= 0.6 is 0 Å². The van der Waals surface area contributed by atoms with Crippen LogP contribution in [0.3, 0.4) is 0 Å². The number of methoxy groups -OCH3 is 1. The Labute approximate surface area is 166 Å². The molecule has 0 spiro atoms. The first kappa shape index (κ1) is 21.4. The van der Waals surface area contributed by atoms with Gasteiger partial charge in [0.05, 0.1) is 14.2 Å². The Balaban J connectivity index is 1.86. The van der Waals surface area contributed by atoms with E-state index < -0.39 is 0 Å². The molecule has 0 saturated carbocycles. The van der Waals surface area contributed by atoms with Gasteiger partial charge in [-0.15, -0.1) is 0 Å². The van der Waals surface area contributed by atoms with Crippen molar-refractivity contribution >= 4 is 23.2 Å². The second-order valence-electron chi connectivity index (χ2n) is 7.29. The van der Waals surface area contributed by atoms with Crippen molar-refractivity contribution in [1.29, 1.82) is 0 Å². The summed E-state index contributed by atoms with van der Waals surface area (Å²) < 4.78 is 5.10. The molecule has 0 aromatic heterocycles. The summed E-state index contributed by atoms with van der Waals surface area (Å²) in [6.07, 6.45) is 0. The van der Waals surface area contributed by atoms with Crippen LogP contribution in [0.1, 0.15) is 32.3 Å². The van der Waals surface area contributed by atoms with E-state index in [1.807, 2.05) is 38.2 Å². The second kappa shape index (κ2) is 9.90. The van der Waals surface area contributed by atoms with E-state index in [-0.39, 0.29) is 24.4 Å². The molecule has 1 unspecified atom stereocenters. The molecular formula is C22H30N3O3+. The van der Waals surface area contributed by atoms with Crippen molar-refractivity contribution < 1.29 is 19.2 Å². The highest BCUT2D eigenvalue weighted by atomic mass is 16.5. The lowest BCUT2D eigenvalue weighted by Crippen LogP contribution is -3.14. The number of quaternary nitrogens is 1. The van der Waals surface area contributed by atoms with E-state index in [9.17, 15) is 9.59 Å². The minimum Gasteiger partial charge on any atom is -0.497 e. The molecular weight excluding hydrogens is 354 g/mol. The number of hydrogen-bond donors (Lipinski definition) is 3. The zero-order valence-corrected chi connectivity index (χ0v) is 17.2. The van der Waals surface area contributed by atoms with Crippen LogP contribution in [0, 0.1) is 0 Å². The van der Waals surface area contributed by atoms with Crippen molar-refractivity contribution in [3.8, 4) is 5.75 Å². The minimum absolute atomic E-state index is 0.118. The van der Waals surface area contributed by atoms with Crippen LogP contribution in [0.2, 0.25) is 0 Å². The highest BCUT2D eigenvalue weighted by Gasteiger charge is 2.24. The molecule has 0 aliphatic rings. The molecule has 0 saturated heterocycles. The molecule has 0 heterocycles. The number of anilines is 2. The lowest BCUT2D eigenvalue weighted by Gasteiger charge is -2.20. The number of ether oxygens (including phenoxy) is 1. The molecule has 0 aliphatic heterocycles. The van der Waals surface area contributed by atoms with Gasteiger partial charge in [-0.3, -0.25) is 9.59 Å². The van der Waals surface area contributed by atoms with Gasteiger partial charge in [0.2, 0.25) is 0 Å². The summed E-state index contributed by atoms with van der Waals surface area (Å²) in [6, 6.07) is 14.6. The van der Waals surface area contributed by atoms with Crippen LogP contribution < -0.4 is 20.3 Å². The van der Waals surface area contributed by atoms with Gasteiger partial charge in [-0.2, -0.15) is 0 Å². The van der Waals surface area contributed by atoms with E-state index >= 15 is 0 Å². The summed E-state index contributed by atoms with van der Waals surface area (Å²) in [5.74, 6) is 0.909. The fourth-order valence-electron chi connectivity index (χ4n) is 2.71. The Morgan fingerprint density at radius 1 is 0.929 bits per heavy atom. The summed E-state index contributed by atoms with van der Waals surface area (Å²) in [7, 11) is 3.43. The number of amides is 2. The van der Waals surface area contributed by atoms with Crippen LogP contribution in [-0.2, 0) is 9.59 Å². The van der Waals surface area contributed by atoms with Gasteiger partial charge < -0.3 is 20.3 Å². The standard InChI is InChI=1S/C22H29N3O3/c1-15(2)17-6-8-19(9-7-17)24-22(27)16(3)25(4)14-21(26)23-18-10-12-20(28-5)13-11-18/h6-13,15-16H,14H2,1-5H3,(H,23,26)(H,24,27)/p+1/t16-/m1/s1. The van der Waals surface area contributed by atoms with Gasteiger partial charge in [0.1, 0.15) is 5.75 Å². The first-order valence-electron chi connectivity index (χ1n) is 9.47. The fourth-order valence-corrected chi connectivity index (χ4v) is 2.71. The van der Waals surface area contributed by atoms with Crippen molar-refractivity contribution in [2.45, 2.75) is 32.7 Å². The minimum atomic E-state index is -0.369. The normalized spacial score (nSPS) is 12.9. The van der Waals surface area contributed by atoms with Crippen LogP contribution in [-0.4, -0.2) is 38.6 Å². The van der Waals surface area contributed by atoms with Gasteiger partial charge in [0, 0.05) is 11.4 Å². The third-order valence-corrected chi connectivity index (χ3v) is 4.79. The predicted molar refractivity (Wildman–Crippen MR) is 112 cm³/mol. The fraction of sp³-hybridized carbons (Fsp3) is 0.364. The van der Waals surface area contributed by atoms with E-state index in [1.165, 1.54) is 5.56 Å². The highest BCUT2D eigenvalue weighted by Crippen LogP contribution is 2.17. The Bertz CT molecular complexity index is 786. The number of carbonyl (C=O) groups is 2. The highest BCUT2D eigenvalue weighted by molar-refractivity contribution is 5.94. The number of carbonyl (C=O) groups excluding carboxylic acids is 2. The zero-order valence-electron chi connectivity index (χ0n) is 17.2. The first-order valence-corrected chi connectivity index (χ1v) is 9.47. The Morgan fingerprint density at radius 3 is 2.00 bits per heavy atom. The molecule has 2 aromatic carbocycles. The quantitative estimate of drug-likeness (QED) is 0.654. The van der Waals surface area contributed by atoms with Crippen LogP contribution in [0.15, 0.2) is 48.5 Å². The van der Waals surface area contributed by atoms with Gasteiger partial charge in [-0.25, -0.2) is 0 Å². The summed E-state index contributed by atoms with van der Waals surface area (Å²) in [4.78, 5) is 25.6. The molecule has 28 heavy (non-hydrogen) atoms. The summed E-state index contributed by atoms with van der Waals surface area (Å²) in [5, 5.41) is 5.76. The SMILES string of the molecule is COc1ccc(NC(=O)C[NH+](C)[C@H](C)C(=O)Nc2ccc(C(C)C)cc2)cc1. The number of rotatable bonds is 8. The second-order valence-corrected chi connectivity index (χ2v) is 7.29. The van der Waals surface area contributed by atoms with Crippen molar-refractivity contribution in [2.75, 3.05) is 31.3 Å². The Kier molecular flexibility index (Phi) is 7.58. The first-order chi connectivity index (χ1) is 13.3. The lowest BCUT2D eigenvalue weighted by atomic mass is 10.0. The van der Waals surface area contributed by atoms with E-state index in [2.05, 4.69) is 24.5 Å². The lowest BCUT2D eigenvalue weighted by molar-refractivity contribution is -0.885. The van der Waals surface area contributed by atoms with Crippen molar-refractivity contribution in [1.82, 2.24) is 0 Å². The van der Waals surface area contributed by atoms with E-state index in [4.69, 9.17) is 4.74 Å². The maximum absolute atomic E-state index is 12.5. The molecule has 3 N–H and O–H groups in total. The molecule has 2 amide bonds. The van der Waals surface area contributed by atoms with Crippen LogP contribution in [0.5, 0.6) is 5.75 Å². The number of likely N-dealkylation sites (N-methyl/N-ethyl adjacent to an activating group) is 1. The van der Waals surface area contributed by atoms with Gasteiger partial charge in [-0.05, 0) is 54.8 Å². The predicted octanol–water partition coefficient (Wildman–Crippen LogP) is 2.30.